The van der Waals surface area contributed by atoms with Crippen LogP contribution in [0, 0.1) is 6.92 Å². The number of anilines is 1. The smallest absolute Gasteiger partial charge is 0.264 e. The lowest BCUT2D eigenvalue weighted by molar-refractivity contribution is -0.121. The van der Waals surface area contributed by atoms with Crippen LogP contribution in [-0.4, -0.2) is 32.6 Å². The standard InChI is InChI=1S/C29H33N5O2S/c1-5-6-7-21-8-12-23(13-9-21)34-32-26-16-20(4)25(17-27(26)33-34)30-29(37)31-28(35)18-36-24-14-10-22(11-15-24)19(2)3/h8-17,19H,5-7,18H2,1-4H3,(H2,30,31,35,37). The van der Waals surface area contributed by atoms with Crippen molar-refractivity contribution in [3.05, 3.63) is 77.4 Å². The summed E-state index contributed by atoms with van der Waals surface area (Å²) in [7, 11) is 0. The predicted molar refractivity (Wildman–Crippen MR) is 153 cm³/mol. The molecule has 4 aromatic rings. The van der Waals surface area contributed by atoms with Gasteiger partial charge in [0, 0.05) is 5.69 Å². The van der Waals surface area contributed by atoms with Crippen LogP contribution in [-0.2, 0) is 11.2 Å². The molecule has 192 valence electrons. The van der Waals surface area contributed by atoms with E-state index in [1.807, 2.05) is 55.5 Å². The molecule has 0 saturated heterocycles. The van der Waals surface area contributed by atoms with Crippen molar-refractivity contribution in [1.82, 2.24) is 20.3 Å². The minimum Gasteiger partial charge on any atom is -0.484 e. The van der Waals surface area contributed by atoms with Gasteiger partial charge in [-0.3, -0.25) is 10.1 Å². The van der Waals surface area contributed by atoms with Crippen molar-refractivity contribution in [3.8, 4) is 11.4 Å². The van der Waals surface area contributed by atoms with Crippen LogP contribution in [0.3, 0.4) is 0 Å². The van der Waals surface area contributed by atoms with E-state index in [4.69, 9.17) is 17.0 Å². The van der Waals surface area contributed by atoms with Crippen LogP contribution < -0.4 is 15.4 Å². The van der Waals surface area contributed by atoms with Crippen LogP contribution in [0.1, 0.15) is 56.2 Å². The predicted octanol–water partition coefficient (Wildman–Crippen LogP) is 6.09. The summed E-state index contributed by atoms with van der Waals surface area (Å²) in [6, 6.07) is 19.9. The van der Waals surface area contributed by atoms with E-state index in [2.05, 4.69) is 53.7 Å². The first-order valence-electron chi connectivity index (χ1n) is 12.6. The maximum atomic E-state index is 12.3. The Morgan fingerprint density at radius 2 is 1.70 bits per heavy atom. The summed E-state index contributed by atoms with van der Waals surface area (Å²) in [6.07, 6.45) is 3.44. The molecule has 0 aliphatic carbocycles. The first-order chi connectivity index (χ1) is 17.8. The van der Waals surface area contributed by atoms with Gasteiger partial charge < -0.3 is 10.1 Å². The molecular formula is C29H33N5O2S. The molecule has 2 N–H and O–H groups in total. The fraction of sp³-hybridized carbons (Fsp3) is 0.310. The van der Waals surface area contributed by atoms with E-state index >= 15 is 0 Å². The average molecular weight is 516 g/mol. The molecule has 0 unspecified atom stereocenters. The molecule has 1 aromatic heterocycles. The number of aromatic nitrogens is 3. The number of nitrogens with zero attached hydrogens (tertiary/aromatic N) is 3. The zero-order valence-corrected chi connectivity index (χ0v) is 22.6. The van der Waals surface area contributed by atoms with E-state index in [0.717, 1.165) is 34.4 Å². The molecule has 0 radical (unpaired) electrons. The second-order valence-corrected chi connectivity index (χ2v) is 9.84. The Morgan fingerprint density at radius 1 is 1.03 bits per heavy atom. The minimum absolute atomic E-state index is 0.133. The second kappa shape index (κ2) is 12.0. The fourth-order valence-electron chi connectivity index (χ4n) is 3.91. The van der Waals surface area contributed by atoms with E-state index in [-0.39, 0.29) is 17.6 Å². The minimum atomic E-state index is -0.336. The fourth-order valence-corrected chi connectivity index (χ4v) is 4.13. The summed E-state index contributed by atoms with van der Waals surface area (Å²) in [5.41, 5.74) is 6.64. The van der Waals surface area contributed by atoms with Crippen molar-refractivity contribution in [2.24, 2.45) is 0 Å². The van der Waals surface area contributed by atoms with Crippen LogP contribution in [0.2, 0.25) is 0 Å². The van der Waals surface area contributed by atoms with Gasteiger partial charge in [0.05, 0.1) is 5.69 Å². The van der Waals surface area contributed by atoms with Crippen molar-refractivity contribution in [2.45, 2.75) is 52.9 Å². The Bertz CT molecular complexity index is 1380. The number of rotatable bonds is 9. The summed E-state index contributed by atoms with van der Waals surface area (Å²) in [6.45, 7) is 8.28. The molecule has 1 amide bonds. The van der Waals surface area contributed by atoms with Crippen molar-refractivity contribution < 1.29 is 9.53 Å². The van der Waals surface area contributed by atoms with Gasteiger partial charge in [0.15, 0.2) is 11.7 Å². The zero-order valence-electron chi connectivity index (χ0n) is 21.7. The number of fused-ring (bicyclic) bond motifs is 1. The SMILES string of the molecule is CCCCc1ccc(-n2nc3cc(C)c(NC(=S)NC(=O)COc4ccc(C(C)C)cc4)cc3n2)cc1. The number of carbonyl (C=O) groups is 1. The van der Waals surface area contributed by atoms with Crippen LogP contribution in [0.25, 0.3) is 16.7 Å². The largest absolute Gasteiger partial charge is 0.484 e. The maximum absolute atomic E-state index is 12.3. The third kappa shape index (κ3) is 6.92. The summed E-state index contributed by atoms with van der Waals surface area (Å²) in [5, 5.41) is 15.2. The second-order valence-electron chi connectivity index (χ2n) is 9.43. The molecule has 1 heterocycles. The van der Waals surface area contributed by atoms with Gasteiger partial charge in [-0.15, -0.1) is 10.2 Å². The monoisotopic (exact) mass is 515 g/mol. The van der Waals surface area contributed by atoms with Crippen molar-refractivity contribution in [2.75, 3.05) is 11.9 Å². The van der Waals surface area contributed by atoms with E-state index < -0.39 is 0 Å². The van der Waals surface area contributed by atoms with Gasteiger partial charge in [-0.05, 0) is 91.0 Å². The van der Waals surface area contributed by atoms with E-state index in [9.17, 15) is 4.79 Å². The number of unbranched alkanes of at least 4 members (excludes halogenated alkanes) is 1. The number of aryl methyl sites for hydroxylation is 2. The highest BCUT2D eigenvalue weighted by Crippen LogP contribution is 2.23. The molecule has 0 bridgehead atoms. The molecule has 3 aromatic carbocycles. The van der Waals surface area contributed by atoms with Crippen LogP contribution in [0.4, 0.5) is 5.69 Å². The summed E-state index contributed by atoms with van der Waals surface area (Å²) >= 11 is 5.36. The Labute approximate surface area is 223 Å². The lowest BCUT2D eigenvalue weighted by Crippen LogP contribution is -2.37. The number of thiocarbonyl (C=S) groups is 1. The number of benzene rings is 3. The van der Waals surface area contributed by atoms with Crippen molar-refractivity contribution in [3.63, 3.8) is 0 Å². The summed E-state index contributed by atoms with van der Waals surface area (Å²) in [4.78, 5) is 14.0. The van der Waals surface area contributed by atoms with Gasteiger partial charge in [0.25, 0.3) is 5.91 Å². The quantitative estimate of drug-likeness (QED) is 0.263. The molecule has 0 atom stereocenters. The number of nitrogens with one attached hydrogen (secondary N) is 2. The number of hydrogen-bond donors (Lipinski definition) is 2. The third-order valence-corrected chi connectivity index (χ3v) is 6.33. The highest BCUT2D eigenvalue weighted by atomic mass is 32.1. The zero-order chi connectivity index (χ0) is 26.4. The van der Waals surface area contributed by atoms with Gasteiger partial charge in [-0.25, -0.2) is 0 Å². The van der Waals surface area contributed by atoms with Gasteiger partial charge in [0.2, 0.25) is 0 Å². The Morgan fingerprint density at radius 3 is 2.35 bits per heavy atom. The van der Waals surface area contributed by atoms with Crippen LogP contribution in [0.15, 0.2) is 60.7 Å². The van der Waals surface area contributed by atoms with Crippen molar-refractivity contribution in [1.29, 1.82) is 0 Å². The van der Waals surface area contributed by atoms with Gasteiger partial charge in [-0.1, -0.05) is 51.5 Å². The van der Waals surface area contributed by atoms with Gasteiger partial charge >= 0.3 is 0 Å². The number of ether oxygens (including phenoxy) is 1. The number of hydrogen-bond acceptors (Lipinski definition) is 5. The molecule has 7 nitrogen and oxygen atoms in total. The molecule has 8 heteroatoms. The molecule has 4 rings (SSSR count). The van der Waals surface area contributed by atoms with E-state index in [0.29, 0.717) is 11.7 Å². The molecule has 0 aliphatic rings. The van der Waals surface area contributed by atoms with Crippen LogP contribution >= 0.6 is 12.2 Å². The first kappa shape index (κ1) is 26.3. The topological polar surface area (TPSA) is 81.1 Å². The highest BCUT2D eigenvalue weighted by Gasteiger charge is 2.12. The van der Waals surface area contributed by atoms with E-state index in [1.54, 1.807) is 4.80 Å². The van der Waals surface area contributed by atoms with Gasteiger partial charge in [0.1, 0.15) is 16.8 Å². The molecule has 0 aliphatic heterocycles. The van der Waals surface area contributed by atoms with Crippen molar-refractivity contribution >= 4 is 40.0 Å². The number of amides is 1. The molecule has 0 fully saturated rings. The molecular weight excluding hydrogens is 482 g/mol. The Hall–Kier alpha value is -3.78. The summed E-state index contributed by atoms with van der Waals surface area (Å²) in [5.74, 6) is 0.741. The molecule has 0 saturated carbocycles. The Kier molecular flexibility index (Phi) is 8.50. The lowest BCUT2D eigenvalue weighted by atomic mass is 10.0. The third-order valence-electron chi connectivity index (χ3n) is 6.13. The number of carbonyl (C=O) groups excluding carboxylic acids is 1. The van der Waals surface area contributed by atoms with Crippen LogP contribution in [0.5, 0.6) is 5.75 Å². The lowest BCUT2D eigenvalue weighted by Gasteiger charge is -2.12. The molecule has 0 spiro atoms. The highest BCUT2D eigenvalue weighted by molar-refractivity contribution is 7.80. The average Bonchev–Trinajstić information content (AvgIpc) is 3.29. The van der Waals surface area contributed by atoms with Gasteiger partial charge in [-0.2, -0.15) is 4.80 Å². The first-order valence-corrected chi connectivity index (χ1v) is 13.0. The summed E-state index contributed by atoms with van der Waals surface area (Å²) < 4.78 is 5.59. The van der Waals surface area contributed by atoms with E-state index in [1.165, 1.54) is 24.0 Å². The maximum Gasteiger partial charge on any atom is 0.264 e. The Balaban J connectivity index is 1.36. The molecule has 37 heavy (non-hydrogen) atoms. The normalized spacial score (nSPS) is 11.1.